The third-order valence-corrected chi connectivity index (χ3v) is 6.23. The van der Waals surface area contributed by atoms with Crippen LogP contribution in [0.2, 0.25) is 0 Å². The van der Waals surface area contributed by atoms with Crippen LogP contribution < -0.4 is 9.62 Å². The van der Waals surface area contributed by atoms with Gasteiger partial charge in [-0.3, -0.25) is 4.79 Å². The van der Waals surface area contributed by atoms with Crippen molar-refractivity contribution in [2.24, 2.45) is 0 Å². The van der Waals surface area contributed by atoms with E-state index in [0.717, 1.165) is 28.1 Å². The number of hydrogen-bond donors (Lipinski definition) is 1. The molecular formula is C21H30N4O3S. The van der Waals surface area contributed by atoms with Gasteiger partial charge in [-0.15, -0.1) is 0 Å². The van der Waals surface area contributed by atoms with Crippen LogP contribution in [-0.2, 0) is 21.5 Å². The van der Waals surface area contributed by atoms with Crippen molar-refractivity contribution in [3.05, 3.63) is 66.2 Å². The second-order valence-corrected chi connectivity index (χ2v) is 9.13. The summed E-state index contributed by atoms with van der Waals surface area (Å²) in [6.07, 6.45) is 0.779. The molecule has 0 bridgehead atoms. The fraction of sp³-hybridized carbons (Fsp3) is 0.381. The summed E-state index contributed by atoms with van der Waals surface area (Å²) < 4.78 is 27.5. The Morgan fingerprint density at radius 3 is 2.10 bits per heavy atom. The maximum Gasteiger partial charge on any atom is 0.304 e. The van der Waals surface area contributed by atoms with E-state index in [1.54, 1.807) is 30.3 Å². The molecule has 0 heterocycles. The predicted octanol–water partition coefficient (Wildman–Crippen LogP) is 1.94. The monoisotopic (exact) mass is 418 g/mol. The average molecular weight is 419 g/mol. The summed E-state index contributed by atoms with van der Waals surface area (Å²) in [4.78, 5) is 14.6. The first-order valence-electron chi connectivity index (χ1n) is 9.55. The van der Waals surface area contributed by atoms with E-state index in [1.165, 1.54) is 19.7 Å². The maximum absolute atomic E-state index is 12.6. The zero-order chi connectivity index (χ0) is 21.3. The predicted molar refractivity (Wildman–Crippen MR) is 117 cm³/mol. The van der Waals surface area contributed by atoms with E-state index in [1.807, 2.05) is 25.2 Å². The van der Waals surface area contributed by atoms with Gasteiger partial charge in [0.25, 0.3) is 0 Å². The molecule has 0 saturated carbocycles. The zero-order valence-electron chi connectivity index (χ0n) is 17.3. The topological polar surface area (TPSA) is 73.0 Å². The number of hydrogen-bond acceptors (Lipinski definition) is 4. The molecule has 0 radical (unpaired) electrons. The first-order chi connectivity index (χ1) is 13.8. The molecule has 2 aromatic rings. The number of amides is 1. The smallest absolute Gasteiger partial charge is 0.304 e. The van der Waals surface area contributed by atoms with E-state index in [4.69, 9.17) is 0 Å². The molecule has 7 nitrogen and oxygen atoms in total. The second kappa shape index (κ2) is 10.9. The molecule has 1 amide bonds. The second-order valence-electron chi connectivity index (χ2n) is 7.06. The number of nitrogens with one attached hydrogen (secondary N) is 1. The van der Waals surface area contributed by atoms with Crippen LogP contribution in [0, 0.1) is 0 Å². The molecule has 2 rings (SSSR count). The van der Waals surface area contributed by atoms with Crippen LogP contribution in [0.4, 0.5) is 5.69 Å². The molecule has 0 aromatic heterocycles. The van der Waals surface area contributed by atoms with Crippen LogP contribution in [0.5, 0.6) is 0 Å². The summed E-state index contributed by atoms with van der Waals surface area (Å²) in [5.41, 5.74) is 1.70. The zero-order valence-corrected chi connectivity index (χ0v) is 18.1. The first-order valence-corrected chi connectivity index (χ1v) is 10.9. The van der Waals surface area contributed by atoms with Crippen LogP contribution in [0.25, 0.3) is 0 Å². The van der Waals surface area contributed by atoms with Crippen molar-refractivity contribution in [2.45, 2.75) is 13.0 Å². The van der Waals surface area contributed by atoms with Gasteiger partial charge in [-0.25, -0.2) is 4.31 Å². The SMILES string of the molecule is CN(CCCNC(=O)CN(c1ccccc1)S(=O)(=O)N(C)C)Cc1ccccc1. The van der Waals surface area contributed by atoms with E-state index < -0.39 is 10.2 Å². The third-order valence-electron chi connectivity index (χ3n) is 4.41. The van der Waals surface area contributed by atoms with Gasteiger partial charge in [0.15, 0.2) is 0 Å². The normalized spacial score (nSPS) is 11.6. The summed E-state index contributed by atoms with van der Waals surface area (Å²) in [5.74, 6) is -0.329. The van der Waals surface area contributed by atoms with Gasteiger partial charge in [-0.1, -0.05) is 48.5 Å². The Kier molecular flexibility index (Phi) is 8.63. The highest BCUT2D eigenvalue weighted by Crippen LogP contribution is 2.18. The van der Waals surface area contributed by atoms with Gasteiger partial charge in [0.1, 0.15) is 6.54 Å². The van der Waals surface area contributed by atoms with Crippen molar-refractivity contribution in [2.75, 3.05) is 45.1 Å². The van der Waals surface area contributed by atoms with Crippen molar-refractivity contribution in [1.29, 1.82) is 0 Å². The van der Waals surface area contributed by atoms with Gasteiger partial charge in [0.2, 0.25) is 5.91 Å². The lowest BCUT2D eigenvalue weighted by molar-refractivity contribution is -0.119. The van der Waals surface area contributed by atoms with Gasteiger partial charge < -0.3 is 10.2 Å². The third kappa shape index (κ3) is 7.16. The van der Waals surface area contributed by atoms with Crippen molar-refractivity contribution in [1.82, 2.24) is 14.5 Å². The number of carbonyl (C=O) groups excluding carboxylic acids is 1. The quantitative estimate of drug-likeness (QED) is 0.566. The lowest BCUT2D eigenvalue weighted by Gasteiger charge is -2.27. The van der Waals surface area contributed by atoms with E-state index in [-0.39, 0.29) is 12.5 Å². The molecule has 0 aliphatic rings. The van der Waals surface area contributed by atoms with Crippen molar-refractivity contribution >= 4 is 21.8 Å². The molecule has 0 fully saturated rings. The Labute approximate surface area is 174 Å². The van der Waals surface area contributed by atoms with E-state index in [9.17, 15) is 13.2 Å². The Morgan fingerprint density at radius 1 is 0.931 bits per heavy atom. The van der Waals surface area contributed by atoms with Crippen molar-refractivity contribution < 1.29 is 13.2 Å². The van der Waals surface area contributed by atoms with Crippen LogP contribution in [-0.4, -0.2) is 64.3 Å². The first kappa shape index (κ1) is 22.9. The highest BCUT2D eigenvalue weighted by Gasteiger charge is 2.26. The van der Waals surface area contributed by atoms with Gasteiger partial charge in [0, 0.05) is 27.2 Å². The Balaban J connectivity index is 1.84. The average Bonchev–Trinajstić information content (AvgIpc) is 2.70. The Hall–Kier alpha value is -2.42. The molecule has 0 atom stereocenters. The summed E-state index contributed by atoms with van der Waals surface area (Å²) in [7, 11) is 1.17. The van der Waals surface area contributed by atoms with Gasteiger partial charge in [-0.2, -0.15) is 12.7 Å². The number of carbonyl (C=O) groups is 1. The molecular weight excluding hydrogens is 388 g/mol. The molecule has 0 saturated heterocycles. The van der Waals surface area contributed by atoms with Gasteiger partial charge in [-0.05, 0) is 37.7 Å². The van der Waals surface area contributed by atoms with E-state index in [0.29, 0.717) is 12.2 Å². The van der Waals surface area contributed by atoms with Gasteiger partial charge in [0.05, 0.1) is 5.69 Å². The fourth-order valence-corrected chi connectivity index (χ4v) is 3.90. The number of para-hydroxylation sites is 1. The van der Waals surface area contributed by atoms with Crippen LogP contribution in [0.15, 0.2) is 60.7 Å². The van der Waals surface area contributed by atoms with Crippen LogP contribution in [0.1, 0.15) is 12.0 Å². The minimum Gasteiger partial charge on any atom is -0.354 e. The largest absolute Gasteiger partial charge is 0.354 e. The number of rotatable bonds is 11. The highest BCUT2D eigenvalue weighted by atomic mass is 32.2. The Bertz CT molecular complexity index is 858. The molecule has 158 valence electrons. The van der Waals surface area contributed by atoms with Crippen molar-refractivity contribution in [3.8, 4) is 0 Å². The lowest BCUT2D eigenvalue weighted by atomic mass is 10.2. The molecule has 0 aliphatic carbocycles. The summed E-state index contributed by atoms with van der Waals surface area (Å²) >= 11 is 0. The molecule has 1 N–H and O–H groups in total. The van der Waals surface area contributed by atoms with Crippen molar-refractivity contribution in [3.63, 3.8) is 0 Å². The molecule has 29 heavy (non-hydrogen) atoms. The number of nitrogens with zero attached hydrogens (tertiary/aromatic N) is 3. The van der Waals surface area contributed by atoms with E-state index >= 15 is 0 Å². The standard InChI is InChI=1S/C21H30N4O3S/c1-23(2)29(27,28)25(20-13-8-5-9-14-20)18-21(26)22-15-10-16-24(3)17-19-11-6-4-7-12-19/h4-9,11-14H,10,15-18H2,1-3H3,(H,22,26). The molecule has 2 aromatic carbocycles. The minimum absolute atomic E-state index is 0.260. The molecule has 0 unspecified atom stereocenters. The number of benzene rings is 2. The Morgan fingerprint density at radius 2 is 1.52 bits per heavy atom. The highest BCUT2D eigenvalue weighted by molar-refractivity contribution is 7.90. The van der Waals surface area contributed by atoms with Crippen LogP contribution in [0.3, 0.4) is 0 Å². The lowest BCUT2D eigenvalue weighted by Crippen LogP contribution is -2.46. The summed E-state index contributed by atoms with van der Waals surface area (Å²) in [6.45, 7) is 1.90. The molecule has 8 heteroatoms. The van der Waals surface area contributed by atoms with Gasteiger partial charge >= 0.3 is 10.2 Å². The van der Waals surface area contributed by atoms with E-state index in [2.05, 4.69) is 22.3 Å². The summed E-state index contributed by atoms with van der Waals surface area (Å²) in [5, 5.41) is 2.82. The number of anilines is 1. The fourth-order valence-electron chi connectivity index (χ4n) is 2.83. The maximum atomic E-state index is 12.6. The minimum atomic E-state index is -3.77. The van der Waals surface area contributed by atoms with Crippen LogP contribution >= 0.6 is 0 Å². The molecule has 0 spiro atoms. The summed E-state index contributed by atoms with van der Waals surface area (Å²) in [6, 6.07) is 18.8. The molecule has 0 aliphatic heterocycles.